The largest absolute Gasteiger partial charge is 0.481 e. The molecule has 0 saturated heterocycles. The number of aliphatic carboxylic acids is 1. The third kappa shape index (κ3) is 3.08. The predicted octanol–water partition coefficient (Wildman–Crippen LogP) is 0.318. The summed E-state index contributed by atoms with van der Waals surface area (Å²) in [5.41, 5.74) is 0.659. The van der Waals surface area contributed by atoms with Gasteiger partial charge in [-0.2, -0.15) is 0 Å². The Morgan fingerprint density at radius 1 is 1.65 bits per heavy atom. The summed E-state index contributed by atoms with van der Waals surface area (Å²) < 4.78 is 5.04. The molecule has 0 aliphatic heterocycles. The number of anilines is 1. The van der Waals surface area contributed by atoms with E-state index in [-0.39, 0.29) is 13.1 Å². The molecular weight excluding hydrogens is 222 g/mol. The number of carbonyl (C=O) groups is 1. The molecule has 0 aromatic carbocycles. The van der Waals surface area contributed by atoms with Gasteiger partial charge in [0.1, 0.15) is 18.7 Å². The number of hydrogen-bond donors (Lipinski definition) is 1. The van der Waals surface area contributed by atoms with Crippen molar-refractivity contribution in [2.75, 3.05) is 25.1 Å². The molecule has 6 heteroatoms. The quantitative estimate of drug-likeness (QED) is 0.741. The smallest absolute Gasteiger partial charge is 0.323 e. The molecule has 0 aliphatic carbocycles. The zero-order valence-electron chi connectivity index (χ0n) is 9.67. The molecule has 1 aromatic heterocycles. The third-order valence-electron chi connectivity index (χ3n) is 2.11. The second-order valence-electron chi connectivity index (χ2n) is 3.29. The summed E-state index contributed by atoms with van der Waals surface area (Å²) in [5.74, 6) is 2.30. The Labute approximate surface area is 99.3 Å². The van der Waals surface area contributed by atoms with E-state index in [1.54, 1.807) is 6.92 Å². The van der Waals surface area contributed by atoms with E-state index < -0.39 is 5.97 Å². The molecule has 0 saturated carbocycles. The van der Waals surface area contributed by atoms with E-state index in [1.807, 2.05) is 0 Å². The van der Waals surface area contributed by atoms with E-state index in [1.165, 1.54) is 18.3 Å². The van der Waals surface area contributed by atoms with Gasteiger partial charge in [-0.05, 0) is 6.92 Å². The van der Waals surface area contributed by atoms with Crippen molar-refractivity contribution in [3.05, 3.63) is 11.9 Å². The van der Waals surface area contributed by atoms with E-state index in [9.17, 15) is 4.79 Å². The normalized spacial score (nSPS) is 9.47. The van der Waals surface area contributed by atoms with Crippen molar-refractivity contribution in [2.24, 2.45) is 0 Å². The molecule has 0 bridgehead atoms. The molecule has 0 atom stereocenters. The van der Waals surface area contributed by atoms with Gasteiger partial charge >= 0.3 is 5.97 Å². The molecule has 1 N–H and O–H groups in total. The molecule has 0 amide bonds. The van der Waals surface area contributed by atoms with Crippen molar-refractivity contribution in [1.82, 2.24) is 9.97 Å². The van der Waals surface area contributed by atoms with Gasteiger partial charge in [0.2, 0.25) is 5.88 Å². The molecule has 0 unspecified atom stereocenters. The molecule has 0 fully saturated rings. The standard InChI is InChI=1S/C11H13N3O3/c1-4-5-14(6-9(15)16)10-8(2)11(17-3)13-7-12-10/h1,7H,5-6H2,2-3H3,(H,15,16). The molecule has 1 heterocycles. The number of nitrogens with zero attached hydrogens (tertiary/aromatic N) is 3. The molecule has 90 valence electrons. The van der Waals surface area contributed by atoms with Gasteiger partial charge in [-0.1, -0.05) is 5.92 Å². The van der Waals surface area contributed by atoms with Crippen LogP contribution in [0.3, 0.4) is 0 Å². The van der Waals surface area contributed by atoms with Crippen molar-refractivity contribution < 1.29 is 14.6 Å². The van der Waals surface area contributed by atoms with Crippen LogP contribution in [0.4, 0.5) is 5.82 Å². The molecule has 0 radical (unpaired) electrons. The van der Waals surface area contributed by atoms with Gasteiger partial charge in [0.05, 0.1) is 19.2 Å². The number of ether oxygens (including phenoxy) is 1. The van der Waals surface area contributed by atoms with Gasteiger partial charge in [0, 0.05) is 0 Å². The highest BCUT2D eigenvalue weighted by atomic mass is 16.5. The van der Waals surface area contributed by atoms with Crippen LogP contribution in [0.2, 0.25) is 0 Å². The summed E-state index contributed by atoms with van der Waals surface area (Å²) >= 11 is 0. The predicted molar refractivity (Wildman–Crippen MR) is 62.0 cm³/mol. The summed E-state index contributed by atoms with van der Waals surface area (Å²) in [7, 11) is 1.49. The molecule has 17 heavy (non-hydrogen) atoms. The SMILES string of the molecule is C#CCN(CC(=O)O)c1ncnc(OC)c1C. The first-order valence-corrected chi connectivity index (χ1v) is 4.86. The van der Waals surface area contributed by atoms with Gasteiger partial charge in [-0.15, -0.1) is 6.42 Å². The first-order valence-electron chi connectivity index (χ1n) is 4.86. The first kappa shape index (κ1) is 12.8. The van der Waals surface area contributed by atoms with Crippen molar-refractivity contribution in [3.8, 4) is 18.2 Å². The molecular formula is C11H13N3O3. The summed E-state index contributed by atoms with van der Waals surface area (Å²) in [5, 5.41) is 8.80. The Morgan fingerprint density at radius 2 is 2.35 bits per heavy atom. The minimum atomic E-state index is -0.975. The van der Waals surface area contributed by atoms with Gasteiger partial charge in [0.15, 0.2) is 0 Å². The summed E-state index contributed by atoms with van der Waals surface area (Å²) in [6.45, 7) is 1.69. The number of carboxylic acid groups (broad SMARTS) is 1. The highest BCUT2D eigenvalue weighted by Crippen LogP contribution is 2.23. The minimum absolute atomic E-state index is 0.160. The maximum atomic E-state index is 10.7. The summed E-state index contributed by atoms with van der Waals surface area (Å²) in [4.78, 5) is 20.2. The number of aromatic nitrogens is 2. The van der Waals surface area contributed by atoms with Crippen LogP contribution in [-0.4, -0.2) is 41.2 Å². The van der Waals surface area contributed by atoms with Crippen LogP contribution in [-0.2, 0) is 4.79 Å². The maximum absolute atomic E-state index is 10.7. The van der Waals surface area contributed by atoms with Gasteiger partial charge < -0.3 is 14.7 Å². The van der Waals surface area contributed by atoms with Crippen LogP contribution in [0.1, 0.15) is 5.56 Å². The number of methoxy groups -OCH3 is 1. The molecule has 0 spiro atoms. The summed E-state index contributed by atoms with van der Waals surface area (Å²) in [6.07, 6.45) is 6.52. The monoisotopic (exact) mass is 235 g/mol. The number of rotatable bonds is 5. The fraction of sp³-hybridized carbons (Fsp3) is 0.364. The van der Waals surface area contributed by atoms with Gasteiger partial charge in [-0.3, -0.25) is 4.79 Å². The lowest BCUT2D eigenvalue weighted by Crippen LogP contribution is -2.31. The fourth-order valence-electron chi connectivity index (χ4n) is 1.43. The van der Waals surface area contributed by atoms with E-state index in [0.29, 0.717) is 17.3 Å². The van der Waals surface area contributed by atoms with E-state index >= 15 is 0 Å². The molecule has 1 rings (SSSR count). The molecule has 1 aromatic rings. The molecule has 6 nitrogen and oxygen atoms in total. The second kappa shape index (κ2) is 5.70. The maximum Gasteiger partial charge on any atom is 0.323 e. The highest BCUT2D eigenvalue weighted by molar-refractivity contribution is 5.74. The van der Waals surface area contributed by atoms with Gasteiger partial charge in [-0.25, -0.2) is 9.97 Å². The van der Waals surface area contributed by atoms with Crippen molar-refractivity contribution in [3.63, 3.8) is 0 Å². The van der Waals surface area contributed by atoms with Crippen LogP contribution < -0.4 is 9.64 Å². The number of hydrogen-bond acceptors (Lipinski definition) is 5. The fourth-order valence-corrected chi connectivity index (χ4v) is 1.43. The highest BCUT2D eigenvalue weighted by Gasteiger charge is 2.16. The second-order valence-corrected chi connectivity index (χ2v) is 3.29. The first-order chi connectivity index (χ1) is 8.10. The van der Waals surface area contributed by atoms with Crippen molar-refractivity contribution >= 4 is 11.8 Å². The van der Waals surface area contributed by atoms with Gasteiger partial charge in [0.25, 0.3) is 0 Å². The zero-order chi connectivity index (χ0) is 12.8. The Hall–Kier alpha value is -2.29. The minimum Gasteiger partial charge on any atom is -0.481 e. The van der Waals surface area contributed by atoms with Crippen LogP contribution in [0.25, 0.3) is 0 Å². The number of terminal acetylenes is 1. The van der Waals surface area contributed by atoms with E-state index in [4.69, 9.17) is 16.3 Å². The van der Waals surface area contributed by atoms with E-state index in [0.717, 1.165) is 0 Å². The number of carboxylic acids is 1. The Bertz CT molecular complexity index is 454. The van der Waals surface area contributed by atoms with Crippen LogP contribution in [0, 0.1) is 19.3 Å². The molecule has 0 aliphatic rings. The average Bonchev–Trinajstić information content (AvgIpc) is 2.28. The lowest BCUT2D eigenvalue weighted by atomic mass is 10.3. The van der Waals surface area contributed by atoms with Crippen LogP contribution >= 0.6 is 0 Å². The third-order valence-corrected chi connectivity index (χ3v) is 2.11. The summed E-state index contributed by atoms with van der Waals surface area (Å²) in [6, 6.07) is 0. The lowest BCUT2D eigenvalue weighted by Gasteiger charge is -2.21. The van der Waals surface area contributed by atoms with Crippen LogP contribution in [0.5, 0.6) is 5.88 Å². The Kier molecular flexibility index (Phi) is 4.29. The zero-order valence-corrected chi connectivity index (χ0v) is 9.67. The van der Waals surface area contributed by atoms with Crippen molar-refractivity contribution in [1.29, 1.82) is 0 Å². The van der Waals surface area contributed by atoms with Crippen molar-refractivity contribution in [2.45, 2.75) is 6.92 Å². The Morgan fingerprint density at radius 3 is 2.88 bits per heavy atom. The van der Waals surface area contributed by atoms with E-state index in [2.05, 4.69) is 15.9 Å². The van der Waals surface area contributed by atoms with Crippen LogP contribution in [0.15, 0.2) is 6.33 Å². The average molecular weight is 235 g/mol. The Balaban J connectivity index is 3.09. The lowest BCUT2D eigenvalue weighted by molar-refractivity contribution is -0.135. The topological polar surface area (TPSA) is 75.6 Å².